The van der Waals surface area contributed by atoms with Crippen molar-refractivity contribution >= 4 is 28.6 Å². The third kappa shape index (κ3) is 3.93. The fourth-order valence-corrected chi connectivity index (χ4v) is 2.65. The van der Waals surface area contributed by atoms with Crippen molar-refractivity contribution in [2.75, 3.05) is 7.11 Å². The molecule has 7 heteroatoms. The highest BCUT2D eigenvalue weighted by Gasteiger charge is 2.52. The molecule has 0 fully saturated rings. The summed E-state index contributed by atoms with van der Waals surface area (Å²) in [5, 5.41) is 11.8. The van der Waals surface area contributed by atoms with Crippen LogP contribution in [0, 0.1) is 0 Å². The SMILES string of the molecule is COC(=O)C(C)(C(=O)c1cccc2ccccc12)N(O)C(=O)OC(C)(C)C. The number of hydrogen-bond donors (Lipinski definition) is 1. The molecule has 2 aromatic rings. The number of carbonyl (C=O) groups is 3. The Morgan fingerprint density at radius 1 is 0.963 bits per heavy atom. The normalized spacial score (nSPS) is 13.6. The molecule has 2 rings (SSSR count). The minimum absolute atomic E-state index is 0.00576. The molecule has 1 N–H and O–H groups in total. The molecule has 0 bridgehead atoms. The van der Waals surface area contributed by atoms with E-state index >= 15 is 0 Å². The maximum Gasteiger partial charge on any atom is 0.435 e. The van der Waals surface area contributed by atoms with Crippen LogP contribution in [0.15, 0.2) is 42.5 Å². The fourth-order valence-electron chi connectivity index (χ4n) is 2.65. The molecule has 27 heavy (non-hydrogen) atoms. The summed E-state index contributed by atoms with van der Waals surface area (Å²) < 4.78 is 9.79. The second-order valence-corrected chi connectivity index (χ2v) is 7.21. The van der Waals surface area contributed by atoms with Crippen LogP contribution in [0.25, 0.3) is 10.8 Å². The molecule has 0 radical (unpaired) electrons. The van der Waals surface area contributed by atoms with Gasteiger partial charge in [-0.05, 0) is 38.5 Å². The highest BCUT2D eigenvalue weighted by Crippen LogP contribution is 2.28. The number of fused-ring (bicyclic) bond motifs is 1. The van der Waals surface area contributed by atoms with Gasteiger partial charge in [0, 0.05) is 5.56 Å². The van der Waals surface area contributed by atoms with Crippen molar-refractivity contribution in [3.05, 3.63) is 48.0 Å². The first-order valence-electron chi connectivity index (χ1n) is 8.35. The van der Waals surface area contributed by atoms with Crippen molar-refractivity contribution in [2.45, 2.75) is 38.8 Å². The number of carbonyl (C=O) groups excluding carboxylic acids is 3. The molecule has 0 aliphatic rings. The van der Waals surface area contributed by atoms with Gasteiger partial charge in [-0.2, -0.15) is 5.06 Å². The Morgan fingerprint density at radius 3 is 2.15 bits per heavy atom. The van der Waals surface area contributed by atoms with E-state index in [2.05, 4.69) is 0 Å². The quantitative estimate of drug-likeness (QED) is 0.289. The van der Waals surface area contributed by atoms with E-state index in [1.165, 1.54) is 6.07 Å². The number of ketones is 1. The van der Waals surface area contributed by atoms with E-state index < -0.39 is 29.0 Å². The van der Waals surface area contributed by atoms with E-state index in [0.29, 0.717) is 5.39 Å². The number of rotatable bonds is 4. The van der Waals surface area contributed by atoms with Gasteiger partial charge in [0.15, 0.2) is 0 Å². The third-order valence-corrected chi connectivity index (χ3v) is 4.05. The first-order valence-corrected chi connectivity index (χ1v) is 8.35. The molecule has 1 unspecified atom stereocenters. The second-order valence-electron chi connectivity index (χ2n) is 7.21. The van der Waals surface area contributed by atoms with E-state index in [1.54, 1.807) is 39.0 Å². The highest BCUT2D eigenvalue weighted by molar-refractivity contribution is 6.21. The summed E-state index contributed by atoms with van der Waals surface area (Å²) in [6, 6.07) is 12.1. The summed E-state index contributed by atoms with van der Waals surface area (Å²) in [6.07, 6.45) is -1.23. The number of nitrogens with zero attached hydrogens (tertiary/aromatic N) is 1. The first-order chi connectivity index (χ1) is 12.5. The van der Waals surface area contributed by atoms with Crippen molar-refractivity contribution in [2.24, 2.45) is 0 Å². The summed E-state index contributed by atoms with van der Waals surface area (Å²) >= 11 is 0. The van der Waals surface area contributed by atoms with Crippen LogP contribution < -0.4 is 0 Å². The van der Waals surface area contributed by atoms with Gasteiger partial charge in [0.25, 0.3) is 0 Å². The number of benzene rings is 2. The zero-order valence-corrected chi connectivity index (χ0v) is 16.0. The maximum atomic E-state index is 13.3. The molecule has 0 saturated heterocycles. The molecule has 0 aliphatic heterocycles. The van der Waals surface area contributed by atoms with Gasteiger partial charge in [0.2, 0.25) is 11.3 Å². The van der Waals surface area contributed by atoms with E-state index in [1.807, 2.05) is 18.2 Å². The number of ether oxygens (including phenoxy) is 2. The highest BCUT2D eigenvalue weighted by atomic mass is 16.6. The average Bonchev–Trinajstić information content (AvgIpc) is 2.63. The van der Waals surface area contributed by atoms with Crippen LogP contribution in [0.5, 0.6) is 0 Å². The number of esters is 1. The van der Waals surface area contributed by atoms with Crippen molar-refractivity contribution < 1.29 is 29.1 Å². The standard InChI is InChI=1S/C20H23NO6/c1-19(2,3)27-18(24)21(25)20(4,17(23)26-5)16(22)15-12-8-10-13-9-6-7-11-14(13)15/h6-12,25H,1-5H3. The number of hydroxylamine groups is 2. The van der Waals surface area contributed by atoms with Gasteiger partial charge in [-0.15, -0.1) is 0 Å². The number of amides is 1. The second kappa shape index (κ2) is 7.36. The molecule has 1 amide bonds. The Bertz CT molecular complexity index is 880. The summed E-state index contributed by atoms with van der Waals surface area (Å²) in [4.78, 5) is 38.0. The first kappa shape index (κ1) is 20.4. The van der Waals surface area contributed by atoms with Crippen LogP contribution in [0.1, 0.15) is 38.1 Å². The van der Waals surface area contributed by atoms with Crippen molar-refractivity contribution in [3.63, 3.8) is 0 Å². The summed E-state index contributed by atoms with van der Waals surface area (Å²) in [7, 11) is 1.07. The van der Waals surface area contributed by atoms with E-state index in [9.17, 15) is 19.6 Å². The van der Waals surface area contributed by atoms with E-state index in [0.717, 1.165) is 19.4 Å². The Labute approximate surface area is 157 Å². The fraction of sp³-hybridized carbons (Fsp3) is 0.350. The predicted octanol–water partition coefficient (Wildman–Crippen LogP) is 3.58. The molecule has 2 aromatic carbocycles. The summed E-state index contributed by atoms with van der Waals surface area (Å²) in [5.41, 5.74) is -3.08. The van der Waals surface area contributed by atoms with Crippen molar-refractivity contribution in [3.8, 4) is 0 Å². The van der Waals surface area contributed by atoms with Crippen LogP contribution in [-0.2, 0) is 14.3 Å². The van der Waals surface area contributed by atoms with Crippen molar-refractivity contribution in [1.29, 1.82) is 0 Å². The van der Waals surface area contributed by atoms with Crippen LogP contribution in [0.4, 0.5) is 4.79 Å². The van der Waals surface area contributed by atoms with Gasteiger partial charge in [-0.1, -0.05) is 42.5 Å². The summed E-state index contributed by atoms with van der Waals surface area (Å²) in [5.74, 6) is -1.88. The molecule has 0 spiro atoms. The molecule has 0 heterocycles. The van der Waals surface area contributed by atoms with Crippen LogP contribution in [-0.4, -0.2) is 46.4 Å². The molecule has 7 nitrogen and oxygen atoms in total. The lowest BCUT2D eigenvalue weighted by molar-refractivity contribution is -0.178. The number of Topliss-reactive ketones (excluding diaryl/α,β-unsaturated/α-hetero) is 1. The largest absolute Gasteiger partial charge is 0.467 e. The van der Waals surface area contributed by atoms with Gasteiger partial charge < -0.3 is 9.47 Å². The zero-order chi connectivity index (χ0) is 20.4. The Hall–Kier alpha value is -2.93. The molecule has 0 aromatic heterocycles. The smallest absolute Gasteiger partial charge is 0.435 e. The van der Waals surface area contributed by atoms with Gasteiger partial charge >= 0.3 is 12.1 Å². The minimum Gasteiger partial charge on any atom is -0.467 e. The lowest BCUT2D eigenvalue weighted by Gasteiger charge is -2.33. The maximum absolute atomic E-state index is 13.3. The zero-order valence-electron chi connectivity index (χ0n) is 16.0. The Kier molecular flexibility index (Phi) is 5.56. The molecular weight excluding hydrogens is 350 g/mol. The topological polar surface area (TPSA) is 93.1 Å². The molecule has 1 atom stereocenters. The van der Waals surface area contributed by atoms with Crippen LogP contribution in [0.2, 0.25) is 0 Å². The monoisotopic (exact) mass is 373 g/mol. The van der Waals surface area contributed by atoms with Crippen LogP contribution in [0.3, 0.4) is 0 Å². The minimum atomic E-state index is -2.32. The third-order valence-electron chi connectivity index (χ3n) is 4.05. The summed E-state index contributed by atoms with van der Waals surface area (Å²) in [6.45, 7) is 5.91. The Morgan fingerprint density at radius 2 is 1.56 bits per heavy atom. The van der Waals surface area contributed by atoms with Gasteiger partial charge in [-0.3, -0.25) is 10.0 Å². The lowest BCUT2D eigenvalue weighted by Crippen LogP contribution is -2.60. The van der Waals surface area contributed by atoms with Gasteiger partial charge in [-0.25, -0.2) is 9.59 Å². The number of methoxy groups -OCH3 is 1. The van der Waals surface area contributed by atoms with E-state index in [4.69, 9.17) is 9.47 Å². The molecular formula is C20H23NO6. The lowest BCUT2D eigenvalue weighted by atomic mass is 9.88. The number of hydrogen-bond acceptors (Lipinski definition) is 6. The Balaban J connectivity index is 2.56. The van der Waals surface area contributed by atoms with Gasteiger partial charge in [0.1, 0.15) is 5.60 Å². The molecule has 144 valence electrons. The van der Waals surface area contributed by atoms with E-state index in [-0.39, 0.29) is 10.6 Å². The molecule has 0 aliphatic carbocycles. The van der Waals surface area contributed by atoms with Gasteiger partial charge in [0.05, 0.1) is 7.11 Å². The average molecular weight is 373 g/mol. The predicted molar refractivity (Wildman–Crippen MR) is 98.6 cm³/mol. The van der Waals surface area contributed by atoms with Crippen molar-refractivity contribution in [1.82, 2.24) is 5.06 Å². The van der Waals surface area contributed by atoms with Crippen LogP contribution >= 0.6 is 0 Å². The molecule has 0 saturated carbocycles.